The van der Waals surface area contributed by atoms with Gasteiger partial charge in [0.15, 0.2) is 0 Å². The van der Waals surface area contributed by atoms with E-state index >= 15 is 0 Å². The van der Waals surface area contributed by atoms with Crippen molar-refractivity contribution in [3.8, 4) is 5.75 Å². The minimum Gasteiger partial charge on any atom is -0.497 e. The molecule has 1 fully saturated rings. The van der Waals surface area contributed by atoms with Crippen LogP contribution in [0.25, 0.3) is 10.9 Å². The van der Waals surface area contributed by atoms with Gasteiger partial charge in [0.25, 0.3) is 5.91 Å². The lowest BCUT2D eigenvalue weighted by Crippen LogP contribution is -2.38. The second-order valence-corrected chi connectivity index (χ2v) is 7.90. The molecule has 1 aromatic carbocycles. The van der Waals surface area contributed by atoms with Crippen LogP contribution in [0.3, 0.4) is 0 Å². The van der Waals surface area contributed by atoms with E-state index in [9.17, 15) is 4.79 Å². The minimum atomic E-state index is -0.127. The van der Waals surface area contributed by atoms with E-state index in [0.717, 1.165) is 74.7 Å². The Balaban J connectivity index is 1.52. The van der Waals surface area contributed by atoms with Gasteiger partial charge >= 0.3 is 0 Å². The number of carbonyl (C=O) groups is 1. The Morgan fingerprint density at radius 2 is 2.03 bits per heavy atom. The number of aryl methyl sites for hydroxylation is 1. The van der Waals surface area contributed by atoms with Crippen molar-refractivity contribution in [2.75, 3.05) is 45.3 Å². The van der Waals surface area contributed by atoms with Crippen molar-refractivity contribution in [2.45, 2.75) is 33.4 Å². The molecule has 31 heavy (non-hydrogen) atoms. The summed E-state index contributed by atoms with van der Waals surface area (Å²) in [6, 6.07) is 5.90. The number of fused-ring (bicyclic) bond motifs is 1. The average Bonchev–Trinajstić information content (AvgIpc) is 3.34. The number of aromatic nitrogens is 3. The third-order valence-electron chi connectivity index (χ3n) is 5.84. The number of anilines is 1. The van der Waals surface area contributed by atoms with Crippen LogP contribution in [0.15, 0.2) is 30.6 Å². The third-order valence-corrected chi connectivity index (χ3v) is 5.84. The lowest BCUT2D eigenvalue weighted by molar-refractivity contribution is 0.0360. The van der Waals surface area contributed by atoms with E-state index in [0.29, 0.717) is 11.3 Å². The van der Waals surface area contributed by atoms with E-state index in [-0.39, 0.29) is 5.91 Å². The maximum Gasteiger partial charge on any atom is 0.258 e. The van der Waals surface area contributed by atoms with Crippen LogP contribution in [0, 0.1) is 6.92 Å². The highest BCUT2D eigenvalue weighted by Gasteiger charge is 2.21. The summed E-state index contributed by atoms with van der Waals surface area (Å²) in [7, 11) is 1.64. The normalized spacial score (nSPS) is 14.8. The SMILES string of the molecule is CCCn1c(C)c(C(=O)Nc2cnn(CCN3CCOCC3)c2)c2cc(OC)ccc21. The highest BCUT2D eigenvalue weighted by atomic mass is 16.5. The summed E-state index contributed by atoms with van der Waals surface area (Å²) in [4.78, 5) is 15.6. The summed E-state index contributed by atoms with van der Waals surface area (Å²) < 4.78 is 14.9. The first-order chi connectivity index (χ1) is 15.1. The number of ether oxygens (including phenoxy) is 2. The van der Waals surface area contributed by atoms with Gasteiger partial charge in [-0.05, 0) is 31.5 Å². The number of amides is 1. The molecule has 3 heterocycles. The predicted octanol–water partition coefficient (Wildman–Crippen LogP) is 3.15. The number of nitrogens with zero attached hydrogens (tertiary/aromatic N) is 4. The fraction of sp³-hybridized carbons (Fsp3) is 0.478. The molecule has 0 spiro atoms. The van der Waals surface area contributed by atoms with Gasteiger partial charge in [0.05, 0.1) is 44.3 Å². The van der Waals surface area contributed by atoms with Gasteiger partial charge in [0.2, 0.25) is 0 Å². The Morgan fingerprint density at radius 1 is 1.23 bits per heavy atom. The highest BCUT2D eigenvalue weighted by molar-refractivity contribution is 6.14. The van der Waals surface area contributed by atoms with E-state index in [1.807, 2.05) is 36.0 Å². The molecule has 1 N–H and O–H groups in total. The molecule has 3 aromatic rings. The molecule has 0 bridgehead atoms. The van der Waals surface area contributed by atoms with Crippen molar-refractivity contribution in [2.24, 2.45) is 0 Å². The monoisotopic (exact) mass is 425 g/mol. The highest BCUT2D eigenvalue weighted by Crippen LogP contribution is 2.30. The van der Waals surface area contributed by atoms with Crippen molar-refractivity contribution in [3.05, 3.63) is 41.9 Å². The Morgan fingerprint density at radius 3 is 2.77 bits per heavy atom. The molecule has 2 aromatic heterocycles. The number of hydrogen-bond acceptors (Lipinski definition) is 5. The molecule has 4 rings (SSSR count). The Hall–Kier alpha value is -2.84. The number of hydrogen-bond donors (Lipinski definition) is 1. The second-order valence-electron chi connectivity index (χ2n) is 7.90. The lowest BCUT2D eigenvalue weighted by atomic mass is 10.1. The molecule has 1 saturated heterocycles. The van der Waals surface area contributed by atoms with E-state index in [2.05, 4.69) is 26.8 Å². The zero-order chi connectivity index (χ0) is 21.8. The number of morpholine rings is 1. The molecule has 8 heteroatoms. The number of rotatable bonds is 8. The number of carbonyl (C=O) groups excluding carboxylic acids is 1. The molecule has 1 aliphatic heterocycles. The van der Waals surface area contributed by atoms with Crippen LogP contribution in [0.4, 0.5) is 5.69 Å². The van der Waals surface area contributed by atoms with Crippen LogP contribution in [0.1, 0.15) is 29.4 Å². The summed E-state index contributed by atoms with van der Waals surface area (Å²) in [6.07, 6.45) is 4.59. The number of methoxy groups -OCH3 is 1. The number of nitrogens with one attached hydrogen (secondary N) is 1. The van der Waals surface area contributed by atoms with Gasteiger partial charge in [-0.3, -0.25) is 14.4 Å². The molecule has 1 aliphatic rings. The summed E-state index contributed by atoms with van der Waals surface area (Å²) in [5.74, 6) is 0.615. The summed E-state index contributed by atoms with van der Waals surface area (Å²) in [6.45, 7) is 10.2. The van der Waals surface area contributed by atoms with Crippen molar-refractivity contribution in [3.63, 3.8) is 0 Å². The Bertz CT molecular complexity index is 1050. The maximum absolute atomic E-state index is 13.3. The molecule has 0 radical (unpaired) electrons. The summed E-state index contributed by atoms with van der Waals surface area (Å²) in [5.41, 5.74) is 3.39. The molecule has 0 unspecified atom stereocenters. The molecule has 0 atom stereocenters. The topological polar surface area (TPSA) is 73.6 Å². The van der Waals surface area contributed by atoms with E-state index in [1.165, 1.54) is 0 Å². The first-order valence-electron chi connectivity index (χ1n) is 10.9. The zero-order valence-electron chi connectivity index (χ0n) is 18.6. The van der Waals surface area contributed by atoms with Crippen LogP contribution < -0.4 is 10.1 Å². The molecule has 0 aliphatic carbocycles. The van der Waals surface area contributed by atoms with E-state index in [1.54, 1.807) is 13.3 Å². The van der Waals surface area contributed by atoms with Crippen molar-refractivity contribution >= 4 is 22.5 Å². The smallest absolute Gasteiger partial charge is 0.258 e. The van der Waals surface area contributed by atoms with Crippen LogP contribution in [0.5, 0.6) is 5.75 Å². The molecule has 1 amide bonds. The van der Waals surface area contributed by atoms with Crippen LogP contribution in [-0.4, -0.2) is 65.1 Å². The average molecular weight is 426 g/mol. The molecular formula is C23H31N5O3. The van der Waals surface area contributed by atoms with Crippen LogP contribution in [-0.2, 0) is 17.8 Å². The van der Waals surface area contributed by atoms with Gasteiger partial charge in [0.1, 0.15) is 5.75 Å². The van der Waals surface area contributed by atoms with Gasteiger partial charge in [-0.1, -0.05) is 6.92 Å². The Labute approximate surface area is 182 Å². The maximum atomic E-state index is 13.3. The quantitative estimate of drug-likeness (QED) is 0.600. The first-order valence-corrected chi connectivity index (χ1v) is 10.9. The fourth-order valence-corrected chi connectivity index (χ4v) is 4.20. The van der Waals surface area contributed by atoms with Crippen LogP contribution >= 0.6 is 0 Å². The second kappa shape index (κ2) is 9.53. The molecular weight excluding hydrogens is 394 g/mol. The van der Waals surface area contributed by atoms with Gasteiger partial charge < -0.3 is 19.4 Å². The zero-order valence-corrected chi connectivity index (χ0v) is 18.6. The summed E-state index contributed by atoms with van der Waals surface area (Å²) in [5, 5.41) is 8.35. The predicted molar refractivity (Wildman–Crippen MR) is 121 cm³/mol. The van der Waals surface area contributed by atoms with Gasteiger partial charge in [-0.2, -0.15) is 5.10 Å². The van der Waals surface area contributed by atoms with Crippen LogP contribution in [0.2, 0.25) is 0 Å². The standard InChI is InChI=1S/C23H31N5O3/c1-4-7-28-17(2)22(20-14-19(30-3)5-6-21(20)28)23(29)25-18-15-24-27(16-18)9-8-26-10-12-31-13-11-26/h5-6,14-16H,4,7-13H2,1-3H3,(H,25,29). The number of benzene rings is 1. The largest absolute Gasteiger partial charge is 0.497 e. The Kier molecular flexibility index (Phi) is 6.58. The van der Waals surface area contributed by atoms with E-state index in [4.69, 9.17) is 9.47 Å². The fourth-order valence-electron chi connectivity index (χ4n) is 4.20. The lowest BCUT2D eigenvalue weighted by Gasteiger charge is -2.26. The molecule has 166 valence electrons. The third kappa shape index (κ3) is 4.60. The van der Waals surface area contributed by atoms with Crippen molar-refractivity contribution < 1.29 is 14.3 Å². The molecule has 8 nitrogen and oxygen atoms in total. The van der Waals surface area contributed by atoms with Crippen molar-refractivity contribution in [1.82, 2.24) is 19.2 Å². The molecule has 0 saturated carbocycles. The van der Waals surface area contributed by atoms with Crippen molar-refractivity contribution in [1.29, 1.82) is 0 Å². The van der Waals surface area contributed by atoms with Gasteiger partial charge in [0, 0.05) is 49.0 Å². The van der Waals surface area contributed by atoms with Gasteiger partial charge in [-0.25, -0.2) is 0 Å². The minimum absolute atomic E-state index is 0.127. The van der Waals surface area contributed by atoms with E-state index < -0.39 is 0 Å². The first kappa shape index (κ1) is 21.4. The van der Waals surface area contributed by atoms with Gasteiger partial charge in [-0.15, -0.1) is 0 Å². The summed E-state index contributed by atoms with van der Waals surface area (Å²) >= 11 is 0.